The van der Waals surface area contributed by atoms with E-state index < -0.39 is 11.7 Å². The van der Waals surface area contributed by atoms with Crippen molar-refractivity contribution >= 4 is 17.3 Å². The number of nitrogens with zero attached hydrogens (tertiary/aromatic N) is 1. The maximum atomic E-state index is 13.1. The van der Waals surface area contributed by atoms with E-state index in [1.165, 1.54) is 12.1 Å². The smallest absolute Gasteiger partial charge is 0.366 e. The van der Waals surface area contributed by atoms with Gasteiger partial charge < -0.3 is 4.90 Å². The summed E-state index contributed by atoms with van der Waals surface area (Å²) in [5.41, 5.74) is 0.185. The van der Waals surface area contributed by atoms with Crippen LogP contribution in [0.1, 0.15) is 44.2 Å². The molecule has 1 heterocycles. The molecule has 1 nitrogen and oxygen atoms in total. The first-order valence-corrected chi connectivity index (χ1v) is 7.46. The molecule has 1 aliphatic rings. The largest absolute Gasteiger partial charge is 0.416 e. The van der Waals surface area contributed by atoms with Gasteiger partial charge in [-0.1, -0.05) is 13.0 Å². The van der Waals surface area contributed by atoms with Crippen molar-refractivity contribution in [2.24, 2.45) is 0 Å². The van der Waals surface area contributed by atoms with E-state index in [0.717, 1.165) is 19.3 Å². The molecular weight excluding hydrogens is 287 g/mol. The number of hydrogen-bond acceptors (Lipinski definition) is 1. The zero-order chi connectivity index (χ0) is 14.9. The average molecular weight is 306 g/mol. The first-order chi connectivity index (χ1) is 9.38. The highest BCUT2D eigenvalue weighted by molar-refractivity contribution is 6.17. The molecular formula is C15H19ClF3N. The van der Waals surface area contributed by atoms with Gasteiger partial charge in [0, 0.05) is 23.7 Å². The number of halogens is 4. The van der Waals surface area contributed by atoms with Crippen molar-refractivity contribution in [3.8, 4) is 0 Å². The molecule has 2 rings (SSSR count). The third-order valence-corrected chi connectivity index (χ3v) is 4.39. The van der Waals surface area contributed by atoms with E-state index in [0.29, 0.717) is 11.7 Å². The number of hydrogen-bond donors (Lipinski definition) is 0. The van der Waals surface area contributed by atoms with E-state index in [4.69, 9.17) is 11.6 Å². The lowest BCUT2D eigenvalue weighted by Crippen LogP contribution is -2.34. The van der Waals surface area contributed by atoms with Crippen LogP contribution < -0.4 is 4.90 Å². The van der Waals surface area contributed by atoms with Crippen molar-refractivity contribution in [3.05, 3.63) is 29.3 Å². The summed E-state index contributed by atoms with van der Waals surface area (Å²) in [5, 5.41) is 0. The summed E-state index contributed by atoms with van der Waals surface area (Å²) in [4.78, 5) is 2.12. The molecule has 20 heavy (non-hydrogen) atoms. The zero-order valence-electron chi connectivity index (χ0n) is 11.7. The SMILES string of the molecule is CCC1CCC(C)N1c1ccc(CCl)c(C(F)(F)F)c1. The quantitative estimate of drug-likeness (QED) is 0.693. The Morgan fingerprint density at radius 1 is 1.30 bits per heavy atom. The highest BCUT2D eigenvalue weighted by atomic mass is 35.5. The van der Waals surface area contributed by atoms with E-state index in [-0.39, 0.29) is 17.5 Å². The van der Waals surface area contributed by atoms with Gasteiger partial charge in [-0.25, -0.2) is 0 Å². The minimum atomic E-state index is -4.36. The van der Waals surface area contributed by atoms with Gasteiger partial charge >= 0.3 is 6.18 Å². The molecule has 1 aliphatic heterocycles. The molecule has 0 radical (unpaired) electrons. The molecule has 1 fully saturated rings. The molecule has 0 aromatic heterocycles. The highest BCUT2D eigenvalue weighted by Crippen LogP contribution is 2.38. The first-order valence-electron chi connectivity index (χ1n) is 6.93. The Morgan fingerprint density at radius 3 is 2.55 bits per heavy atom. The predicted molar refractivity (Wildman–Crippen MR) is 76.3 cm³/mol. The van der Waals surface area contributed by atoms with Crippen LogP contribution >= 0.6 is 11.6 Å². The third kappa shape index (κ3) is 2.90. The minimum absolute atomic E-state index is 0.123. The summed E-state index contributed by atoms with van der Waals surface area (Å²) < 4.78 is 39.3. The van der Waals surface area contributed by atoms with Gasteiger partial charge in [0.15, 0.2) is 0 Å². The Kier molecular flexibility index (Phi) is 4.52. The lowest BCUT2D eigenvalue weighted by atomic mass is 10.1. The molecule has 2 atom stereocenters. The summed E-state index contributed by atoms with van der Waals surface area (Å²) in [5.74, 6) is -0.123. The van der Waals surface area contributed by atoms with Crippen LogP contribution in [0.15, 0.2) is 18.2 Å². The van der Waals surface area contributed by atoms with Gasteiger partial charge in [0.1, 0.15) is 0 Å². The van der Waals surface area contributed by atoms with E-state index in [1.807, 2.05) is 0 Å². The zero-order valence-corrected chi connectivity index (χ0v) is 12.4. The second-order valence-corrected chi connectivity index (χ2v) is 5.64. The summed E-state index contributed by atoms with van der Waals surface area (Å²) in [6, 6.07) is 5.12. The van der Waals surface area contributed by atoms with Gasteiger partial charge in [0.05, 0.1) is 5.56 Å². The molecule has 0 saturated carbocycles. The van der Waals surface area contributed by atoms with Crippen molar-refractivity contribution in [1.82, 2.24) is 0 Å². The number of alkyl halides is 4. The fourth-order valence-electron chi connectivity index (χ4n) is 3.04. The Morgan fingerprint density at radius 2 is 2.00 bits per heavy atom. The molecule has 1 aromatic rings. The predicted octanol–water partition coefficient (Wildman–Crippen LogP) is 5.21. The molecule has 2 unspecified atom stereocenters. The molecule has 112 valence electrons. The maximum absolute atomic E-state index is 13.1. The van der Waals surface area contributed by atoms with Gasteiger partial charge in [-0.05, 0) is 43.9 Å². The second kappa shape index (κ2) is 5.84. The van der Waals surface area contributed by atoms with Gasteiger partial charge in [0.25, 0.3) is 0 Å². The maximum Gasteiger partial charge on any atom is 0.416 e. The number of anilines is 1. The fourth-order valence-corrected chi connectivity index (χ4v) is 3.28. The van der Waals surface area contributed by atoms with E-state index >= 15 is 0 Å². The average Bonchev–Trinajstić information content (AvgIpc) is 2.78. The summed E-state index contributed by atoms with van der Waals surface area (Å²) in [7, 11) is 0. The Bertz CT molecular complexity index is 473. The normalized spacial score (nSPS) is 23.4. The van der Waals surface area contributed by atoms with Crippen molar-refractivity contribution < 1.29 is 13.2 Å². The first kappa shape index (κ1) is 15.5. The molecule has 0 aliphatic carbocycles. The van der Waals surface area contributed by atoms with Gasteiger partial charge in [-0.15, -0.1) is 11.6 Å². The van der Waals surface area contributed by atoms with Crippen LogP contribution in [-0.2, 0) is 12.1 Å². The molecule has 0 N–H and O–H groups in total. The Labute approximate surface area is 122 Å². The summed E-state index contributed by atoms with van der Waals surface area (Å²) in [6.45, 7) is 4.14. The molecule has 0 spiro atoms. The van der Waals surface area contributed by atoms with Crippen LogP contribution in [0.2, 0.25) is 0 Å². The van der Waals surface area contributed by atoms with Crippen LogP contribution in [0.5, 0.6) is 0 Å². The fraction of sp³-hybridized carbons (Fsp3) is 0.600. The van der Waals surface area contributed by atoms with Crippen molar-refractivity contribution in [2.75, 3.05) is 4.90 Å². The number of benzene rings is 1. The van der Waals surface area contributed by atoms with Crippen LogP contribution in [0, 0.1) is 0 Å². The van der Waals surface area contributed by atoms with Crippen molar-refractivity contribution in [1.29, 1.82) is 0 Å². The highest BCUT2D eigenvalue weighted by Gasteiger charge is 2.35. The monoisotopic (exact) mass is 305 g/mol. The molecule has 1 saturated heterocycles. The van der Waals surface area contributed by atoms with Crippen LogP contribution in [0.4, 0.5) is 18.9 Å². The number of rotatable bonds is 3. The van der Waals surface area contributed by atoms with Crippen LogP contribution in [-0.4, -0.2) is 12.1 Å². The Balaban J connectivity index is 2.43. The van der Waals surface area contributed by atoms with Crippen molar-refractivity contribution in [3.63, 3.8) is 0 Å². The third-order valence-electron chi connectivity index (χ3n) is 4.10. The van der Waals surface area contributed by atoms with E-state index in [2.05, 4.69) is 18.7 Å². The summed E-state index contributed by atoms with van der Waals surface area (Å²) in [6.07, 6.45) is -1.35. The lowest BCUT2D eigenvalue weighted by molar-refractivity contribution is -0.138. The van der Waals surface area contributed by atoms with Gasteiger partial charge in [-0.3, -0.25) is 0 Å². The lowest BCUT2D eigenvalue weighted by Gasteiger charge is -2.31. The van der Waals surface area contributed by atoms with Crippen LogP contribution in [0.25, 0.3) is 0 Å². The van der Waals surface area contributed by atoms with Gasteiger partial charge in [0.2, 0.25) is 0 Å². The van der Waals surface area contributed by atoms with Crippen LogP contribution in [0.3, 0.4) is 0 Å². The topological polar surface area (TPSA) is 3.24 Å². The molecule has 0 amide bonds. The minimum Gasteiger partial charge on any atom is -0.366 e. The standard InChI is InChI=1S/C15H19ClF3N/c1-3-12-6-4-10(2)20(12)13-7-5-11(9-16)14(8-13)15(17,18)19/h5,7-8,10,12H,3-4,6,9H2,1-2H3. The Hall–Kier alpha value is -0.900. The van der Waals surface area contributed by atoms with E-state index in [9.17, 15) is 13.2 Å². The molecule has 5 heteroatoms. The second-order valence-electron chi connectivity index (χ2n) is 5.37. The van der Waals surface area contributed by atoms with Gasteiger partial charge in [-0.2, -0.15) is 13.2 Å². The molecule has 0 bridgehead atoms. The molecule has 1 aromatic carbocycles. The van der Waals surface area contributed by atoms with Crippen molar-refractivity contribution in [2.45, 2.75) is 57.2 Å². The van der Waals surface area contributed by atoms with E-state index in [1.54, 1.807) is 6.07 Å². The summed E-state index contributed by atoms with van der Waals surface area (Å²) >= 11 is 5.62.